The first kappa shape index (κ1) is 16.0. The third kappa shape index (κ3) is 4.91. The Kier molecular flexibility index (Phi) is 5.13. The van der Waals surface area contributed by atoms with Crippen LogP contribution in [0.5, 0.6) is 5.75 Å². The van der Waals surface area contributed by atoms with Gasteiger partial charge in [0.25, 0.3) is 5.91 Å². The van der Waals surface area contributed by atoms with Crippen molar-refractivity contribution in [2.75, 3.05) is 13.2 Å². The van der Waals surface area contributed by atoms with Crippen molar-refractivity contribution in [1.82, 2.24) is 5.32 Å². The zero-order valence-electron chi connectivity index (χ0n) is 12.3. The van der Waals surface area contributed by atoms with Crippen molar-refractivity contribution >= 4 is 11.9 Å². The quantitative estimate of drug-likeness (QED) is 0.834. The third-order valence-electron chi connectivity index (χ3n) is 2.87. The van der Waals surface area contributed by atoms with Crippen molar-refractivity contribution in [3.05, 3.63) is 29.3 Å². The van der Waals surface area contributed by atoms with Crippen molar-refractivity contribution in [3.8, 4) is 5.75 Å². The van der Waals surface area contributed by atoms with Crippen LogP contribution in [0, 0.1) is 19.3 Å². The molecule has 0 aliphatic carbocycles. The number of carboxylic acid groups (broad SMARTS) is 1. The maximum Gasteiger partial charge on any atom is 0.310 e. The summed E-state index contributed by atoms with van der Waals surface area (Å²) >= 11 is 0. The fourth-order valence-corrected chi connectivity index (χ4v) is 1.61. The van der Waals surface area contributed by atoms with Crippen molar-refractivity contribution in [2.45, 2.75) is 27.7 Å². The normalized spacial score (nSPS) is 11.0. The van der Waals surface area contributed by atoms with E-state index in [1.165, 1.54) is 0 Å². The first-order valence-electron chi connectivity index (χ1n) is 6.42. The van der Waals surface area contributed by atoms with Gasteiger partial charge in [-0.2, -0.15) is 0 Å². The minimum Gasteiger partial charge on any atom is -0.484 e. The second-order valence-corrected chi connectivity index (χ2v) is 5.58. The molecule has 5 nitrogen and oxygen atoms in total. The molecule has 1 rings (SSSR count). The van der Waals surface area contributed by atoms with E-state index in [4.69, 9.17) is 9.84 Å². The zero-order valence-corrected chi connectivity index (χ0v) is 12.3. The molecule has 0 saturated carbocycles. The van der Waals surface area contributed by atoms with Crippen molar-refractivity contribution in [3.63, 3.8) is 0 Å². The lowest BCUT2D eigenvalue weighted by atomic mass is 9.94. The van der Waals surface area contributed by atoms with Crippen LogP contribution in [0.1, 0.15) is 25.0 Å². The summed E-state index contributed by atoms with van der Waals surface area (Å²) in [7, 11) is 0. The molecule has 1 aromatic rings. The topological polar surface area (TPSA) is 75.6 Å². The number of amides is 1. The summed E-state index contributed by atoms with van der Waals surface area (Å²) in [5.74, 6) is -0.651. The number of aliphatic carboxylic acids is 1. The lowest BCUT2D eigenvalue weighted by Crippen LogP contribution is -2.40. The number of nitrogens with one attached hydrogen (secondary N) is 1. The highest BCUT2D eigenvalue weighted by Crippen LogP contribution is 2.16. The Morgan fingerprint density at radius 3 is 2.25 bits per heavy atom. The molecule has 0 fully saturated rings. The van der Waals surface area contributed by atoms with Crippen molar-refractivity contribution in [1.29, 1.82) is 0 Å². The van der Waals surface area contributed by atoms with Crippen LogP contribution in [0.3, 0.4) is 0 Å². The Bertz CT molecular complexity index is 488. The molecule has 0 radical (unpaired) electrons. The maximum absolute atomic E-state index is 11.6. The molecule has 0 aliphatic rings. The highest BCUT2D eigenvalue weighted by molar-refractivity contribution is 5.79. The van der Waals surface area contributed by atoms with Crippen LogP contribution in [0.25, 0.3) is 0 Å². The Labute approximate surface area is 118 Å². The molecule has 1 amide bonds. The van der Waals surface area contributed by atoms with Gasteiger partial charge in [-0.1, -0.05) is 6.07 Å². The van der Waals surface area contributed by atoms with E-state index in [-0.39, 0.29) is 19.1 Å². The molecular formula is C15H21NO4. The van der Waals surface area contributed by atoms with Gasteiger partial charge in [0.15, 0.2) is 6.61 Å². The highest BCUT2D eigenvalue weighted by atomic mass is 16.5. The van der Waals surface area contributed by atoms with Crippen LogP contribution in [0.15, 0.2) is 18.2 Å². The molecule has 110 valence electrons. The Morgan fingerprint density at radius 1 is 1.20 bits per heavy atom. The SMILES string of the molecule is Cc1cc(C)cc(OCC(=O)NCC(C)(C)C(=O)O)c1. The van der Waals surface area contributed by atoms with E-state index in [9.17, 15) is 9.59 Å². The second-order valence-electron chi connectivity index (χ2n) is 5.58. The Morgan fingerprint density at radius 2 is 1.75 bits per heavy atom. The molecule has 0 unspecified atom stereocenters. The summed E-state index contributed by atoms with van der Waals surface area (Å²) in [5, 5.41) is 11.5. The van der Waals surface area contributed by atoms with Gasteiger partial charge in [-0.05, 0) is 51.0 Å². The average molecular weight is 279 g/mol. The molecule has 0 aliphatic heterocycles. The van der Waals surface area contributed by atoms with Gasteiger partial charge in [-0.15, -0.1) is 0 Å². The van der Waals surface area contributed by atoms with E-state index in [0.717, 1.165) is 11.1 Å². The first-order valence-corrected chi connectivity index (χ1v) is 6.42. The second kappa shape index (κ2) is 6.41. The fraction of sp³-hybridized carbons (Fsp3) is 0.467. The van der Waals surface area contributed by atoms with Gasteiger partial charge in [-0.3, -0.25) is 9.59 Å². The van der Waals surface area contributed by atoms with Crippen LogP contribution in [0.2, 0.25) is 0 Å². The van der Waals surface area contributed by atoms with Gasteiger partial charge in [0.05, 0.1) is 5.41 Å². The minimum atomic E-state index is -0.990. The van der Waals surface area contributed by atoms with Gasteiger partial charge in [0.2, 0.25) is 0 Å². The highest BCUT2D eigenvalue weighted by Gasteiger charge is 2.27. The van der Waals surface area contributed by atoms with Crippen LogP contribution in [0.4, 0.5) is 0 Å². The van der Waals surface area contributed by atoms with Crippen LogP contribution >= 0.6 is 0 Å². The minimum absolute atomic E-state index is 0.0668. The number of carboxylic acids is 1. The predicted molar refractivity (Wildman–Crippen MR) is 75.8 cm³/mol. The van der Waals surface area contributed by atoms with Crippen molar-refractivity contribution < 1.29 is 19.4 Å². The third-order valence-corrected chi connectivity index (χ3v) is 2.87. The van der Waals surface area contributed by atoms with E-state index in [1.54, 1.807) is 13.8 Å². The molecule has 0 heterocycles. The van der Waals surface area contributed by atoms with Crippen molar-refractivity contribution in [2.24, 2.45) is 5.41 Å². The number of aryl methyl sites for hydroxylation is 2. The van der Waals surface area contributed by atoms with Gasteiger partial charge < -0.3 is 15.2 Å². The molecule has 5 heteroatoms. The smallest absolute Gasteiger partial charge is 0.310 e. The molecule has 0 saturated heterocycles. The summed E-state index contributed by atoms with van der Waals surface area (Å²) < 4.78 is 5.40. The molecule has 0 spiro atoms. The molecule has 0 bridgehead atoms. The van der Waals surface area contributed by atoms with E-state index < -0.39 is 11.4 Å². The summed E-state index contributed by atoms with van der Waals surface area (Å²) in [4.78, 5) is 22.5. The summed E-state index contributed by atoms with van der Waals surface area (Å²) in [5.41, 5.74) is 1.13. The maximum atomic E-state index is 11.6. The zero-order chi connectivity index (χ0) is 15.3. The van der Waals surface area contributed by atoms with Crippen LogP contribution in [-0.2, 0) is 9.59 Å². The molecule has 1 aromatic carbocycles. The van der Waals surface area contributed by atoms with E-state index >= 15 is 0 Å². The van der Waals surface area contributed by atoms with Crippen LogP contribution in [-0.4, -0.2) is 30.1 Å². The number of hydrogen-bond acceptors (Lipinski definition) is 3. The summed E-state index contributed by atoms with van der Waals surface area (Å²) in [6.07, 6.45) is 0. The van der Waals surface area contributed by atoms with Gasteiger partial charge in [0.1, 0.15) is 5.75 Å². The van der Waals surface area contributed by atoms with E-state index in [2.05, 4.69) is 5.32 Å². The molecule has 20 heavy (non-hydrogen) atoms. The summed E-state index contributed by atoms with van der Waals surface area (Å²) in [6.45, 7) is 6.96. The van der Waals surface area contributed by atoms with Gasteiger partial charge in [-0.25, -0.2) is 0 Å². The Balaban J connectivity index is 2.46. The lowest BCUT2D eigenvalue weighted by molar-refractivity contribution is -0.146. The average Bonchev–Trinajstić information content (AvgIpc) is 2.32. The number of ether oxygens (including phenoxy) is 1. The van der Waals surface area contributed by atoms with Gasteiger partial charge >= 0.3 is 5.97 Å². The van der Waals surface area contributed by atoms with Crippen LogP contribution < -0.4 is 10.1 Å². The molecular weight excluding hydrogens is 258 g/mol. The first-order chi connectivity index (χ1) is 9.20. The Hall–Kier alpha value is -2.04. The monoisotopic (exact) mass is 279 g/mol. The molecule has 0 aromatic heterocycles. The van der Waals surface area contributed by atoms with E-state index in [0.29, 0.717) is 5.75 Å². The number of hydrogen-bond donors (Lipinski definition) is 2. The van der Waals surface area contributed by atoms with Gasteiger partial charge in [0, 0.05) is 6.54 Å². The standard InChI is InChI=1S/C15H21NO4/c1-10-5-11(2)7-12(6-10)20-8-13(17)16-9-15(3,4)14(18)19/h5-7H,8-9H2,1-4H3,(H,16,17)(H,18,19). The number of benzene rings is 1. The van der Waals surface area contributed by atoms with E-state index in [1.807, 2.05) is 32.0 Å². The largest absolute Gasteiger partial charge is 0.484 e. The molecule has 0 atom stereocenters. The lowest BCUT2D eigenvalue weighted by Gasteiger charge is -2.19. The summed E-state index contributed by atoms with van der Waals surface area (Å²) in [6, 6.07) is 5.71. The number of rotatable bonds is 6. The molecule has 2 N–H and O–H groups in total. The number of carbonyl (C=O) groups is 2. The number of carbonyl (C=O) groups excluding carboxylic acids is 1. The predicted octanol–water partition coefficient (Wildman–Crippen LogP) is 1.91. The fourth-order valence-electron chi connectivity index (χ4n) is 1.61.